The minimum Gasteiger partial charge on any atom is -0.480 e. The number of amides is 1. The highest BCUT2D eigenvalue weighted by molar-refractivity contribution is 5.93. The van der Waals surface area contributed by atoms with E-state index in [0.717, 1.165) is 25.9 Å². The van der Waals surface area contributed by atoms with Crippen LogP contribution in [0.5, 0.6) is 0 Å². The number of hydrogen-bond donors (Lipinski definition) is 2. The molecular weight excluding hydrogens is 246 g/mol. The van der Waals surface area contributed by atoms with Crippen LogP contribution in [0, 0.1) is 0 Å². The van der Waals surface area contributed by atoms with Crippen molar-refractivity contribution in [3.05, 3.63) is 24.0 Å². The summed E-state index contributed by atoms with van der Waals surface area (Å²) in [6, 6.07) is 3.47. The van der Waals surface area contributed by atoms with Crippen LogP contribution in [0.1, 0.15) is 23.3 Å². The van der Waals surface area contributed by atoms with Crippen molar-refractivity contribution in [2.75, 3.05) is 20.1 Å². The molecule has 6 nitrogen and oxygen atoms in total. The molecule has 1 fully saturated rings. The van der Waals surface area contributed by atoms with Crippen LogP contribution in [0.15, 0.2) is 18.3 Å². The number of carboxylic acid groups (broad SMARTS) is 1. The summed E-state index contributed by atoms with van der Waals surface area (Å²) in [7, 11) is 2.03. The lowest BCUT2D eigenvalue weighted by Crippen LogP contribution is -2.46. The molecule has 6 heteroatoms. The smallest absolute Gasteiger partial charge is 0.323 e. The van der Waals surface area contributed by atoms with Gasteiger partial charge in [0.15, 0.2) is 0 Å². The number of nitrogens with one attached hydrogen (secondary N) is 1. The summed E-state index contributed by atoms with van der Waals surface area (Å²) >= 11 is 0. The van der Waals surface area contributed by atoms with Crippen LogP contribution in [0.25, 0.3) is 0 Å². The van der Waals surface area contributed by atoms with Crippen LogP contribution in [-0.4, -0.2) is 52.6 Å². The van der Waals surface area contributed by atoms with Crippen LogP contribution >= 0.6 is 0 Å². The number of aliphatic carboxylic acids is 1. The third kappa shape index (κ3) is 3.57. The molecule has 2 rings (SSSR count). The van der Waals surface area contributed by atoms with Crippen LogP contribution in [0.3, 0.4) is 0 Å². The van der Waals surface area contributed by atoms with Gasteiger partial charge in [0.05, 0.1) is 0 Å². The van der Waals surface area contributed by atoms with E-state index in [4.69, 9.17) is 5.11 Å². The number of aromatic nitrogens is 1. The summed E-state index contributed by atoms with van der Waals surface area (Å²) in [5.74, 6) is -1.16. The number of hydrogen-bond acceptors (Lipinski definition) is 3. The average molecular weight is 265 g/mol. The van der Waals surface area contributed by atoms with E-state index in [-0.39, 0.29) is 18.5 Å². The van der Waals surface area contributed by atoms with Gasteiger partial charge in [0.1, 0.15) is 12.2 Å². The van der Waals surface area contributed by atoms with Crippen molar-refractivity contribution in [2.45, 2.75) is 25.4 Å². The lowest BCUT2D eigenvalue weighted by atomic mass is 10.1. The number of carbonyl (C=O) groups excluding carboxylic acids is 1. The molecule has 0 spiro atoms. The third-order valence-corrected chi connectivity index (χ3v) is 3.33. The van der Waals surface area contributed by atoms with Gasteiger partial charge in [-0.1, -0.05) is 0 Å². The van der Waals surface area contributed by atoms with E-state index in [1.807, 2.05) is 7.05 Å². The van der Waals surface area contributed by atoms with Crippen LogP contribution in [0.4, 0.5) is 0 Å². The lowest BCUT2D eigenvalue weighted by molar-refractivity contribution is -0.137. The van der Waals surface area contributed by atoms with Gasteiger partial charge in [-0.15, -0.1) is 0 Å². The summed E-state index contributed by atoms with van der Waals surface area (Å²) in [6.45, 7) is 1.70. The van der Waals surface area contributed by atoms with Crippen molar-refractivity contribution in [2.24, 2.45) is 0 Å². The molecule has 1 aliphatic heterocycles. The minimum atomic E-state index is -0.956. The molecule has 1 unspecified atom stereocenters. The van der Waals surface area contributed by atoms with Gasteiger partial charge in [0.2, 0.25) is 0 Å². The Bertz CT molecular complexity index is 469. The molecule has 1 aromatic heterocycles. The molecule has 2 N–H and O–H groups in total. The summed E-state index contributed by atoms with van der Waals surface area (Å²) in [5, 5.41) is 11.8. The first-order valence-corrected chi connectivity index (χ1v) is 6.42. The summed E-state index contributed by atoms with van der Waals surface area (Å²) in [5.41, 5.74) is 0.399. The van der Waals surface area contributed by atoms with Crippen molar-refractivity contribution in [1.29, 1.82) is 0 Å². The zero-order valence-corrected chi connectivity index (χ0v) is 11.0. The molecule has 0 bridgehead atoms. The van der Waals surface area contributed by atoms with E-state index in [1.165, 1.54) is 4.57 Å². The molecule has 1 aliphatic rings. The zero-order valence-electron chi connectivity index (χ0n) is 11.0. The van der Waals surface area contributed by atoms with Gasteiger partial charge in [-0.3, -0.25) is 9.59 Å². The number of likely N-dealkylation sites (tertiary alicyclic amines) is 1. The molecule has 1 aromatic rings. The van der Waals surface area contributed by atoms with Crippen LogP contribution < -0.4 is 5.32 Å². The maximum Gasteiger partial charge on any atom is 0.323 e. The maximum atomic E-state index is 12.1. The molecule has 0 radical (unpaired) electrons. The topological polar surface area (TPSA) is 74.6 Å². The normalized spacial score (nSPS) is 20.2. The number of likely N-dealkylation sites (N-methyl/N-ethyl adjacent to an activating group) is 1. The highest BCUT2D eigenvalue weighted by Crippen LogP contribution is 2.09. The van der Waals surface area contributed by atoms with Crippen molar-refractivity contribution >= 4 is 11.9 Å². The van der Waals surface area contributed by atoms with Crippen molar-refractivity contribution in [3.8, 4) is 0 Å². The van der Waals surface area contributed by atoms with E-state index in [0.29, 0.717) is 5.69 Å². The molecule has 0 aliphatic carbocycles. The largest absolute Gasteiger partial charge is 0.480 e. The van der Waals surface area contributed by atoms with E-state index < -0.39 is 5.97 Å². The molecule has 1 atom stereocenters. The van der Waals surface area contributed by atoms with E-state index in [2.05, 4.69) is 10.2 Å². The second-order valence-corrected chi connectivity index (χ2v) is 4.99. The van der Waals surface area contributed by atoms with Gasteiger partial charge in [0, 0.05) is 18.8 Å². The predicted molar refractivity (Wildman–Crippen MR) is 70.1 cm³/mol. The number of carboxylic acids is 1. The van der Waals surface area contributed by atoms with Crippen molar-refractivity contribution in [1.82, 2.24) is 14.8 Å². The summed E-state index contributed by atoms with van der Waals surface area (Å²) in [6.07, 6.45) is 3.64. The fraction of sp³-hybridized carbons (Fsp3) is 0.538. The van der Waals surface area contributed by atoms with Gasteiger partial charge in [0.25, 0.3) is 5.91 Å². The standard InChI is InChI=1S/C13H19N3O3/c1-15-6-2-4-10(8-15)14-13(19)11-5-3-7-16(11)9-12(17)18/h3,5,7,10H,2,4,6,8-9H2,1H3,(H,14,19)(H,17,18). The van der Waals surface area contributed by atoms with E-state index >= 15 is 0 Å². The average Bonchev–Trinajstić information content (AvgIpc) is 2.76. The predicted octanol–water partition coefficient (Wildman–Crippen LogP) is 0.397. The Balaban J connectivity index is 1.99. The number of nitrogens with zero attached hydrogens (tertiary/aromatic N) is 2. The van der Waals surface area contributed by atoms with Gasteiger partial charge >= 0.3 is 5.97 Å². The molecular formula is C13H19N3O3. The first-order valence-electron chi connectivity index (χ1n) is 6.42. The monoisotopic (exact) mass is 265 g/mol. The number of rotatable bonds is 4. The molecule has 2 heterocycles. The summed E-state index contributed by atoms with van der Waals surface area (Å²) in [4.78, 5) is 25.0. The van der Waals surface area contributed by atoms with E-state index in [1.54, 1.807) is 18.3 Å². The molecule has 19 heavy (non-hydrogen) atoms. The number of carbonyl (C=O) groups is 2. The first kappa shape index (κ1) is 13.6. The highest BCUT2D eigenvalue weighted by Gasteiger charge is 2.21. The van der Waals surface area contributed by atoms with Gasteiger partial charge in [-0.2, -0.15) is 0 Å². The Labute approximate surface area is 112 Å². The van der Waals surface area contributed by atoms with E-state index in [9.17, 15) is 9.59 Å². The Morgan fingerprint density at radius 1 is 1.53 bits per heavy atom. The Hall–Kier alpha value is -1.82. The van der Waals surface area contributed by atoms with Crippen LogP contribution in [-0.2, 0) is 11.3 Å². The third-order valence-electron chi connectivity index (χ3n) is 3.33. The van der Waals surface area contributed by atoms with Gasteiger partial charge in [-0.25, -0.2) is 0 Å². The fourth-order valence-electron chi connectivity index (χ4n) is 2.45. The summed E-state index contributed by atoms with van der Waals surface area (Å²) < 4.78 is 1.45. The minimum absolute atomic E-state index is 0.138. The SMILES string of the molecule is CN1CCCC(NC(=O)c2cccn2CC(=O)O)C1. The fourth-order valence-corrected chi connectivity index (χ4v) is 2.45. The van der Waals surface area contributed by atoms with Crippen molar-refractivity contribution in [3.63, 3.8) is 0 Å². The van der Waals surface area contributed by atoms with Gasteiger partial charge in [-0.05, 0) is 38.6 Å². The highest BCUT2D eigenvalue weighted by atomic mass is 16.4. The Morgan fingerprint density at radius 2 is 2.32 bits per heavy atom. The van der Waals surface area contributed by atoms with Gasteiger partial charge < -0.3 is 19.9 Å². The first-order chi connectivity index (χ1) is 9.06. The molecule has 1 amide bonds. The number of piperidine rings is 1. The molecule has 0 aromatic carbocycles. The quantitative estimate of drug-likeness (QED) is 0.826. The Kier molecular flexibility index (Phi) is 4.21. The second kappa shape index (κ2) is 5.88. The van der Waals surface area contributed by atoms with Crippen LogP contribution in [0.2, 0.25) is 0 Å². The Morgan fingerprint density at radius 3 is 3.00 bits per heavy atom. The molecule has 1 saturated heterocycles. The lowest BCUT2D eigenvalue weighted by Gasteiger charge is -2.30. The van der Waals surface area contributed by atoms with Crippen molar-refractivity contribution < 1.29 is 14.7 Å². The molecule has 0 saturated carbocycles. The maximum absolute atomic E-state index is 12.1. The second-order valence-electron chi connectivity index (χ2n) is 4.99. The zero-order chi connectivity index (χ0) is 13.8. The molecule has 104 valence electrons.